The van der Waals surface area contributed by atoms with Gasteiger partial charge in [-0.1, -0.05) is 38.3 Å². The van der Waals surface area contributed by atoms with E-state index in [0.29, 0.717) is 30.2 Å². The van der Waals surface area contributed by atoms with Crippen LogP contribution in [0.15, 0.2) is 82.6 Å². The fourth-order valence-electron chi connectivity index (χ4n) is 5.71. The van der Waals surface area contributed by atoms with Gasteiger partial charge in [0.05, 0.1) is 24.3 Å². The molecule has 1 unspecified atom stereocenters. The van der Waals surface area contributed by atoms with Crippen LogP contribution in [0.25, 0.3) is 0 Å². The molecule has 46 heavy (non-hydrogen) atoms. The van der Waals surface area contributed by atoms with Gasteiger partial charge in [0.15, 0.2) is 0 Å². The topological polar surface area (TPSA) is 105 Å². The van der Waals surface area contributed by atoms with Crippen molar-refractivity contribution in [3.05, 3.63) is 78.4 Å². The van der Waals surface area contributed by atoms with Crippen LogP contribution in [0.4, 0.5) is 5.69 Å². The zero-order chi connectivity index (χ0) is 33.1. The van der Waals surface area contributed by atoms with Gasteiger partial charge < -0.3 is 19.7 Å². The molecule has 0 saturated heterocycles. The van der Waals surface area contributed by atoms with E-state index in [9.17, 15) is 18.0 Å². The van der Waals surface area contributed by atoms with Gasteiger partial charge in [-0.3, -0.25) is 13.9 Å². The van der Waals surface area contributed by atoms with Gasteiger partial charge in [-0.2, -0.15) is 0 Å². The van der Waals surface area contributed by atoms with Crippen molar-refractivity contribution in [2.24, 2.45) is 0 Å². The zero-order valence-electron chi connectivity index (χ0n) is 27.1. The van der Waals surface area contributed by atoms with Crippen molar-refractivity contribution in [3.8, 4) is 11.5 Å². The highest BCUT2D eigenvalue weighted by atomic mass is 32.2. The molecule has 11 heteroatoms. The van der Waals surface area contributed by atoms with Crippen molar-refractivity contribution in [2.45, 2.75) is 80.8 Å². The third-order valence-electron chi connectivity index (χ3n) is 8.19. The first kappa shape index (κ1) is 35.2. The van der Waals surface area contributed by atoms with Crippen LogP contribution >= 0.6 is 11.8 Å². The highest BCUT2D eigenvalue weighted by molar-refractivity contribution is 7.98. The van der Waals surface area contributed by atoms with E-state index in [-0.39, 0.29) is 23.4 Å². The summed E-state index contributed by atoms with van der Waals surface area (Å²) in [5.41, 5.74) is 1.08. The monoisotopic (exact) mass is 667 g/mol. The number of rotatable bonds is 15. The molecule has 1 saturated carbocycles. The molecule has 0 aromatic heterocycles. The summed E-state index contributed by atoms with van der Waals surface area (Å²) >= 11 is 1.51. The number of carbonyl (C=O) groups is 2. The quantitative estimate of drug-likeness (QED) is 0.191. The van der Waals surface area contributed by atoms with E-state index in [0.717, 1.165) is 46.9 Å². The van der Waals surface area contributed by atoms with Crippen LogP contribution in [0, 0.1) is 0 Å². The lowest BCUT2D eigenvalue weighted by atomic mass is 9.95. The Hall–Kier alpha value is -3.70. The predicted molar refractivity (Wildman–Crippen MR) is 183 cm³/mol. The van der Waals surface area contributed by atoms with Crippen molar-refractivity contribution in [3.63, 3.8) is 0 Å². The highest BCUT2D eigenvalue weighted by Crippen LogP contribution is 2.28. The Bertz CT molecular complexity index is 1540. The summed E-state index contributed by atoms with van der Waals surface area (Å²) in [6.07, 6.45) is 7.36. The summed E-state index contributed by atoms with van der Waals surface area (Å²) in [7, 11) is -2.61. The minimum atomic E-state index is -4.18. The predicted octanol–water partition coefficient (Wildman–Crippen LogP) is 6.27. The Morgan fingerprint density at radius 1 is 0.957 bits per heavy atom. The second kappa shape index (κ2) is 16.7. The molecule has 0 aliphatic heterocycles. The number of anilines is 1. The average Bonchev–Trinajstić information content (AvgIpc) is 3.08. The van der Waals surface area contributed by atoms with Gasteiger partial charge >= 0.3 is 0 Å². The van der Waals surface area contributed by atoms with Crippen LogP contribution in [0.5, 0.6) is 11.5 Å². The Kier molecular flexibility index (Phi) is 12.8. The largest absolute Gasteiger partial charge is 0.497 e. The summed E-state index contributed by atoms with van der Waals surface area (Å²) in [5, 5.41) is 3.18. The molecule has 3 aromatic carbocycles. The molecular formula is C35H45N3O6S2. The van der Waals surface area contributed by atoms with Crippen LogP contribution in [0.1, 0.15) is 57.9 Å². The number of nitrogens with one attached hydrogen (secondary N) is 1. The number of carbonyl (C=O) groups excluding carboxylic acids is 2. The van der Waals surface area contributed by atoms with Crippen LogP contribution in [0.2, 0.25) is 0 Å². The molecular weight excluding hydrogens is 623 g/mol. The molecule has 4 rings (SSSR count). The summed E-state index contributed by atoms with van der Waals surface area (Å²) in [5.74, 6) is 0.488. The molecule has 0 bridgehead atoms. The first-order chi connectivity index (χ1) is 22.2. The van der Waals surface area contributed by atoms with Crippen molar-refractivity contribution >= 4 is 39.3 Å². The summed E-state index contributed by atoms with van der Waals surface area (Å²) < 4.78 is 40.5. The highest BCUT2D eigenvalue weighted by Gasteiger charge is 2.34. The molecule has 1 N–H and O–H groups in total. The zero-order valence-corrected chi connectivity index (χ0v) is 28.7. The molecule has 3 aromatic rings. The SMILES string of the molecule is CCOc1ccc(N(CC(=O)N(Cc2cccc(OC)c2)C(CC)C(=O)NC2CCCCC2)S(=O)(=O)c2ccc(SC)cc2)cc1. The molecule has 1 atom stereocenters. The average molecular weight is 668 g/mol. The minimum Gasteiger partial charge on any atom is -0.497 e. The van der Waals surface area contributed by atoms with Crippen LogP contribution in [-0.2, 0) is 26.2 Å². The standard InChI is InChI=1S/C35H45N3O6S2/c1-5-33(35(40)36-27-12-8-7-9-13-27)37(24-26-11-10-14-30(23-26)43-3)34(39)25-38(28-15-17-29(18-16-28)44-6-2)46(41,42)32-21-19-31(45-4)20-22-32/h10-11,14-23,27,33H,5-9,12-13,24-25H2,1-4H3,(H,36,40). The minimum absolute atomic E-state index is 0.0633. The maximum atomic E-state index is 14.4. The third-order valence-corrected chi connectivity index (χ3v) is 10.7. The Labute approximate surface area is 277 Å². The fraction of sp³-hybridized carbons (Fsp3) is 0.429. The van der Waals surface area contributed by atoms with E-state index >= 15 is 0 Å². The number of amides is 2. The molecule has 1 fully saturated rings. The van der Waals surface area contributed by atoms with Gasteiger partial charge in [-0.25, -0.2) is 8.42 Å². The third kappa shape index (κ3) is 8.97. The normalized spacial score (nSPS) is 14.3. The summed E-state index contributed by atoms with van der Waals surface area (Å²) in [6.45, 7) is 3.80. The second-order valence-electron chi connectivity index (χ2n) is 11.3. The lowest BCUT2D eigenvalue weighted by Gasteiger charge is -2.34. The van der Waals surface area contributed by atoms with Gasteiger partial charge in [-0.05, 0) is 98.7 Å². The van der Waals surface area contributed by atoms with E-state index in [1.807, 2.05) is 44.4 Å². The number of benzene rings is 3. The fourth-order valence-corrected chi connectivity index (χ4v) is 7.53. The maximum Gasteiger partial charge on any atom is 0.264 e. The lowest BCUT2D eigenvalue weighted by Crippen LogP contribution is -2.54. The van der Waals surface area contributed by atoms with Crippen LogP contribution < -0.4 is 19.1 Å². The molecule has 0 spiro atoms. The van der Waals surface area contributed by atoms with Gasteiger partial charge in [0, 0.05) is 17.5 Å². The molecule has 0 radical (unpaired) electrons. The Morgan fingerprint density at radius 2 is 1.65 bits per heavy atom. The van der Waals surface area contributed by atoms with E-state index in [4.69, 9.17) is 9.47 Å². The number of hydrogen-bond acceptors (Lipinski definition) is 7. The first-order valence-electron chi connectivity index (χ1n) is 15.8. The second-order valence-corrected chi connectivity index (χ2v) is 14.0. The molecule has 1 aliphatic rings. The molecule has 2 amide bonds. The van der Waals surface area contributed by atoms with Gasteiger partial charge in [0.25, 0.3) is 10.0 Å². The van der Waals surface area contributed by atoms with Crippen molar-refractivity contribution in [1.29, 1.82) is 0 Å². The van der Waals surface area contributed by atoms with Crippen molar-refractivity contribution < 1.29 is 27.5 Å². The number of sulfonamides is 1. The van der Waals surface area contributed by atoms with E-state index in [1.54, 1.807) is 55.6 Å². The van der Waals surface area contributed by atoms with E-state index < -0.39 is 28.5 Å². The lowest BCUT2D eigenvalue weighted by molar-refractivity contribution is -0.140. The van der Waals surface area contributed by atoms with E-state index in [1.165, 1.54) is 16.7 Å². The van der Waals surface area contributed by atoms with Gasteiger partial charge in [0.2, 0.25) is 11.8 Å². The van der Waals surface area contributed by atoms with Crippen LogP contribution in [-0.4, -0.2) is 63.7 Å². The number of hydrogen-bond donors (Lipinski definition) is 1. The van der Waals surface area contributed by atoms with Crippen LogP contribution in [0.3, 0.4) is 0 Å². The molecule has 0 heterocycles. The van der Waals surface area contributed by atoms with E-state index in [2.05, 4.69) is 5.32 Å². The summed E-state index contributed by atoms with van der Waals surface area (Å²) in [4.78, 5) is 30.7. The summed E-state index contributed by atoms with van der Waals surface area (Å²) in [6, 6.07) is 19.8. The number of thioether (sulfide) groups is 1. The smallest absolute Gasteiger partial charge is 0.264 e. The van der Waals surface area contributed by atoms with Gasteiger partial charge in [-0.15, -0.1) is 11.8 Å². The van der Waals surface area contributed by atoms with Crippen molar-refractivity contribution in [2.75, 3.05) is 30.8 Å². The molecule has 9 nitrogen and oxygen atoms in total. The maximum absolute atomic E-state index is 14.4. The van der Waals surface area contributed by atoms with Gasteiger partial charge in [0.1, 0.15) is 24.1 Å². The number of nitrogens with zero attached hydrogens (tertiary/aromatic N) is 2. The first-order valence-corrected chi connectivity index (χ1v) is 18.5. The molecule has 1 aliphatic carbocycles. The van der Waals surface area contributed by atoms with Crippen molar-refractivity contribution in [1.82, 2.24) is 10.2 Å². The number of methoxy groups -OCH3 is 1. The Balaban J connectivity index is 1.72. The Morgan fingerprint density at radius 3 is 2.26 bits per heavy atom. The number of ether oxygens (including phenoxy) is 2. The molecule has 248 valence electrons.